The van der Waals surface area contributed by atoms with E-state index in [2.05, 4.69) is 44.5 Å². The zero-order valence-electron chi connectivity index (χ0n) is 17.6. The number of thiophene rings is 1. The molecule has 2 aromatic heterocycles. The van der Waals surface area contributed by atoms with Crippen molar-refractivity contribution in [1.82, 2.24) is 15.3 Å². The Balaban J connectivity index is 1.55. The summed E-state index contributed by atoms with van der Waals surface area (Å²) in [5.41, 5.74) is 2.87. The van der Waals surface area contributed by atoms with Crippen LogP contribution in [0.1, 0.15) is 28.4 Å². The molecule has 33 heavy (non-hydrogen) atoms. The Morgan fingerprint density at radius 1 is 1.03 bits per heavy atom. The maximum absolute atomic E-state index is 13.0. The highest BCUT2D eigenvalue weighted by molar-refractivity contribution is 8.01. The Bertz CT molecular complexity index is 1450. The maximum Gasteiger partial charge on any atom is 0.261 e. The molecule has 0 amide bonds. The van der Waals surface area contributed by atoms with Crippen LogP contribution in [0.3, 0.4) is 0 Å². The minimum Gasteiger partial charge on any atom is -0.352 e. The van der Waals surface area contributed by atoms with Crippen LogP contribution in [0.2, 0.25) is 0 Å². The molecule has 4 heterocycles. The molecule has 3 atom stereocenters. The van der Waals surface area contributed by atoms with Crippen molar-refractivity contribution in [2.75, 3.05) is 4.90 Å². The predicted octanol–water partition coefficient (Wildman–Crippen LogP) is 4.94. The topological polar surface area (TPSA) is 73.4 Å². The summed E-state index contributed by atoms with van der Waals surface area (Å²) in [7, 11) is 0. The first-order valence-corrected chi connectivity index (χ1v) is 12.7. The number of fused-ring (bicyclic) bond motifs is 2. The third-order valence-corrected chi connectivity index (χ3v) is 8.52. The summed E-state index contributed by atoms with van der Waals surface area (Å²) in [6, 6.07) is 20.6. The van der Waals surface area contributed by atoms with Gasteiger partial charge in [0.25, 0.3) is 5.56 Å². The number of aromatic nitrogens is 2. The van der Waals surface area contributed by atoms with Gasteiger partial charge in [-0.3, -0.25) is 4.79 Å². The van der Waals surface area contributed by atoms with Gasteiger partial charge in [-0.1, -0.05) is 60.7 Å². The summed E-state index contributed by atoms with van der Waals surface area (Å²) in [6.07, 6.45) is 0. The van der Waals surface area contributed by atoms with Gasteiger partial charge in [0.2, 0.25) is 0 Å². The highest BCUT2D eigenvalue weighted by atomic mass is 32.2. The van der Waals surface area contributed by atoms with Crippen LogP contribution in [0.4, 0.5) is 5.00 Å². The number of thiocarbonyl (C=S) groups is 1. The number of anilines is 1. The summed E-state index contributed by atoms with van der Waals surface area (Å²) in [5.74, 6) is 1.48. The van der Waals surface area contributed by atoms with E-state index < -0.39 is 0 Å². The van der Waals surface area contributed by atoms with Gasteiger partial charge in [-0.2, -0.15) is 0 Å². The van der Waals surface area contributed by atoms with Gasteiger partial charge in [0.1, 0.15) is 27.4 Å². The van der Waals surface area contributed by atoms with Crippen LogP contribution in [0, 0.1) is 6.92 Å². The molecule has 0 saturated carbocycles. The lowest BCUT2D eigenvalue weighted by Gasteiger charge is -2.31. The van der Waals surface area contributed by atoms with E-state index in [-0.39, 0.29) is 22.2 Å². The molecule has 0 aliphatic carbocycles. The van der Waals surface area contributed by atoms with E-state index in [1.54, 1.807) is 6.92 Å². The standard InChI is InChI=1S/C24H19N5OS3/c1-13-25-16-12-32-23(17(16)21(30)26-13)29-20-19(33-22(29)15-10-6-3-7-11-15)18(27-24(31)28-20)14-8-4-2-5-9-14/h2-12,18-19,22H,1H3,(H,27,31)(H,25,26,30). The minimum absolute atomic E-state index is 0.0164. The number of aliphatic imine (C=N–C) groups is 1. The van der Waals surface area contributed by atoms with Crippen LogP contribution < -0.4 is 15.8 Å². The molecule has 2 aromatic carbocycles. The Morgan fingerprint density at radius 2 is 1.73 bits per heavy atom. The summed E-state index contributed by atoms with van der Waals surface area (Å²) >= 11 is 8.92. The van der Waals surface area contributed by atoms with Crippen molar-refractivity contribution >= 4 is 62.2 Å². The van der Waals surface area contributed by atoms with Gasteiger partial charge in [-0.25, -0.2) is 9.98 Å². The third kappa shape index (κ3) is 3.47. The number of thioether (sulfide) groups is 1. The minimum atomic E-state index is -0.134. The lowest BCUT2D eigenvalue weighted by molar-refractivity contribution is 0.676. The van der Waals surface area contributed by atoms with Crippen molar-refractivity contribution < 1.29 is 0 Å². The number of hydrogen-bond donors (Lipinski definition) is 2. The molecule has 164 valence electrons. The highest BCUT2D eigenvalue weighted by Crippen LogP contribution is 2.52. The van der Waals surface area contributed by atoms with Gasteiger partial charge >= 0.3 is 0 Å². The maximum atomic E-state index is 13.0. The highest BCUT2D eigenvalue weighted by Gasteiger charge is 2.47. The lowest BCUT2D eigenvalue weighted by atomic mass is 10.0. The molecule has 2 aliphatic heterocycles. The fourth-order valence-electron chi connectivity index (χ4n) is 4.43. The zero-order valence-corrected chi connectivity index (χ0v) is 20.0. The van der Waals surface area contributed by atoms with Crippen molar-refractivity contribution in [1.29, 1.82) is 0 Å². The molecule has 0 bridgehead atoms. The van der Waals surface area contributed by atoms with Gasteiger partial charge in [0, 0.05) is 5.38 Å². The molecule has 6 nitrogen and oxygen atoms in total. The van der Waals surface area contributed by atoms with Crippen LogP contribution >= 0.6 is 35.3 Å². The summed E-state index contributed by atoms with van der Waals surface area (Å²) in [6.45, 7) is 1.80. The van der Waals surface area contributed by atoms with Gasteiger partial charge in [-0.15, -0.1) is 23.1 Å². The van der Waals surface area contributed by atoms with E-state index in [1.807, 2.05) is 53.5 Å². The fourth-order valence-corrected chi connectivity index (χ4v) is 7.34. The number of nitrogens with one attached hydrogen (secondary N) is 2. The van der Waals surface area contributed by atoms with Crippen molar-refractivity contribution in [3.63, 3.8) is 0 Å². The zero-order chi connectivity index (χ0) is 22.5. The lowest BCUT2D eigenvalue weighted by Crippen LogP contribution is -2.45. The van der Waals surface area contributed by atoms with Gasteiger partial charge in [-0.05, 0) is 30.3 Å². The van der Waals surface area contributed by atoms with Crippen LogP contribution in [-0.4, -0.2) is 26.2 Å². The Morgan fingerprint density at radius 3 is 2.45 bits per heavy atom. The molecule has 4 aromatic rings. The molecule has 1 saturated heterocycles. The van der Waals surface area contributed by atoms with E-state index in [1.165, 1.54) is 11.3 Å². The van der Waals surface area contributed by atoms with Crippen LogP contribution in [-0.2, 0) is 0 Å². The summed E-state index contributed by atoms with van der Waals surface area (Å²) < 4.78 is 0. The van der Waals surface area contributed by atoms with E-state index in [0.29, 0.717) is 21.8 Å². The second-order valence-corrected chi connectivity index (χ2v) is 10.4. The van der Waals surface area contributed by atoms with Crippen molar-refractivity contribution in [3.05, 3.63) is 93.3 Å². The smallest absolute Gasteiger partial charge is 0.261 e. The SMILES string of the molecule is Cc1nc2csc(N3C4=NC(=S)NC(c5ccccc5)C4SC3c3ccccc3)c2c(=O)[nH]1. The molecule has 1 fully saturated rings. The van der Waals surface area contributed by atoms with Gasteiger partial charge in [0.15, 0.2) is 5.11 Å². The molecule has 9 heteroatoms. The van der Waals surface area contributed by atoms with Gasteiger partial charge in [0.05, 0.1) is 16.8 Å². The monoisotopic (exact) mass is 489 g/mol. The quantitative estimate of drug-likeness (QED) is 0.397. The number of aryl methyl sites for hydroxylation is 1. The summed E-state index contributed by atoms with van der Waals surface area (Å²) in [5, 5.41) is 7.24. The Labute approximate surface area is 203 Å². The first-order chi connectivity index (χ1) is 16.1. The third-order valence-electron chi connectivity index (χ3n) is 5.83. The van der Waals surface area contributed by atoms with Crippen LogP contribution in [0.15, 0.2) is 75.8 Å². The predicted molar refractivity (Wildman–Crippen MR) is 140 cm³/mol. The van der Waals surface area contributed by atoms with Crippen molar-refractivity contribution in [3.8, 4) is 0 Å². The molecule has 2 N–H and O–H groups in total. The second kappa shape index (κ2) is 8.09. The Kier molecular flexibility index (Phi) is 5.05. The van der Waals surface area contributed by atoms with Crippen LogP contribution in [0.5, 0.6) is 0 Å². The number of benzene rings is 2. The Hall–Kier alpha value is -3.01. The average Bonchev–Trinajstić information content (AvgIpc) is 3.41. The van der Waals surface area contributed by atoms with E-state index in [0.717, 1.165) is 22.0 Å². The van der Waals surface area contributed by atoms with E-state index in [9.17, 15) is 4.79 Å². The molecular formula is C24H19N5OS3. The number of aromatic amines is 1. The number of nitrogens with zero attached hydrogens (tertiary/aromatic N) is 3. The molecule has 3 unspecified atom stereocenters. The fraction of sp³-hybridized carbons (Fsp3) is 0.167. The van der Waals surface area contributed by atoms with E-state index in [4.69, 9.17) is 17.2 Å². The second-order valence-electron chi connectivity index (χ2n) is 7.95. The number of hydrogen-bond acceptors (Lipinski definition) is 6. The molecular weight excluding hydrogens is 470 g/mol. The van der Waals surface area contributed by atoms with Crippen LogP contribution in [0.25, 0.3) is 10.9 Å². The first-order valence-electron chi connectivity index (χ1n) is 10.5. The number of H-pyrrole nitrogens is 1. The van der Waals surface area contributed by atoms with E-state index >= 15 is 0 Å². The largest absolute Gasteiger partial charge is 0.352 e. The normalized spacial score (nSPS) is 22.2. The van der Waals surface area contributed by atoms with Gasteiger partial charge < -0.3 is 15.2 Å². The molecule has 0 radical (unpaired) electrons. The average molecular weight is 490 g/mol. The first kappa shape index (κ1) is 20.6. The summed E-state index contributed by atoms with van der Waals surface area (Å²) in [4.78, 5) is 27.4. The molecule has 0 spiro atoms. The molecule has 2 aliphatic rings. The number of rotatable bonds is 3. The van der Waals surface area contributed by atoms with Crippen molar-refractivity contribution in [2.45, 2.75) is 23.6 Å². The molecule has 6 rings (SSSR count). The number of amidine groups is 1. The van der Waals surface area contributed by atoms with Crippen molar-refractivity contribution in [2.24, 2.45) is 4.99 Å².